The minimum atomic E-state index is -0.272. The molecule has 0 bridgehead atoms. The van der Waals surface area contributed by atoms with Gasteiger partial charge in [0.2, 0.25) is 0 Å². The van der Waals surface area contributed by atoms with Crippen molar-refractivity contribution in [2.24, 2.45) is 0 Å². The largest absolute Gasteiger partial charge is 0.483 e. The number of nitrogens with zero attached hydrogens (tertiary/aromatic N) is 2. The van der Waals surface area contributed by atoms with Crippen LogP contribution in [0.5, 0.6) is 0 Å². The zero-order chi connectivity index (χ0) is 18.9. The summed E-state index contributed by atoms with van der Waals surface area (Å²) in [5.74, 6) is 0.432. The molecule has 26 heavy (non-hydrogen) atoms. The van der Waals surface area contributed by atoms with Crippen LogP contribution in [0, 0.1) is 6.92 Å². The summed E-state index contributed by atoms with van der Waals surface area (Å²) in [6.07, 6.45) is 5.80. The van der Waals surface area contributed by atoms with E-state index in [4.69, 9.17) is 9.47 Å². The highest BCUT2D eigenvalue weighted by Gasteiger charge is 2.19. The van der Waals surface area contributed by atoms with Crippen LogP contribution in [0.15, 0.2) is 48.0 Å². The van der Waals surface area contributed by atoms with Crippen LogP contribution in [0.1, 0.15) is 24.7 Å². The molecule has 0 aromatic carbocycles. The molecular weight excluding hydrogens is 332 g/mol. The first-order chi connectivity index (χ1) is 12.6. The molecule has 2 N–H and O–H groups in total. The number of aromatic nitrogens is 1. The van der Waals surface area contributed by atoms with Crippen molar-refractivity contribution in [3.05, 3.63) is 59.4 Å². The van der Waals surface area contributed by atoms with Crippen molar-refractivity contribution in [2.75, 3.05) is 27.3 Å². The Bertz CT molecular complexity index is 725. The number of carbonyl (C=O) groups excluding carboxylic acids is 1. The SMILES string of the molecule is CCOC(=O)C/C=C(/c1cccc(C)n1)N(NC)C1=CC=C(OC)NC1. The van der Waals surface area contributed by atoms with Gasteiger partial charge < -0.3 is 14.8 Å². The molecule has 7 nitrogen and oxygen atoms in total. The summed E-state index contributed by atoms with van der Waals surface area (Å²) in [5, 5.41) is 5.09. The van der Waals surface area contributed by atoms with E-state index in [2.05, 4.69) is 15.7 Å². The molecule has 0 saturated carbocycles. The van der Waals surface area contributed by atoms with E-state index in [1.54, 1.807) is 14.0 Å². The number of ether oxygens (including phenoxy) is 2. The molecule has 1 aromatic rings. The highest BCUT2D eigenvalue weighted by atomic mass is 16.5. The van der Waals surface area contributed by atoms with E-state index in [1.807, 2.05) is 55.4 Å². The molecule has 0 saturated heterocycles. The van der Waals surface area contributed by atoms with Crippen molar-refractivity contribution in [1.29, 1.82) is 0 Å². The van der Waals surface area contributed by atoms with Gasteiger partial charge in [0.05, 0.1) is 43.8 Å². The summed E-state index contributed by atoms with van der Waals surface area (Å²) in [7, 11) is 3.44. The molecule has 0 atom stereocenters. The second-order valence-electron chi connectivity index (χ2n) is 5.57. The molecule has 1 aliphatic rings. The van der Waals surface area contributed by atoms with Crippen LogP contribution in [0.3, 0.4) is 0 Å². The maximum Gasteiger partial charge on any atom is 0.309 e. The Hall–Kier alpha value is -2.80. The fourth-order valence-corrected chi connectivity index (χ4v) is 2.58. The van der Waals surface area contributed by atoms with E-state index in [0.717, 1.165) is 22.8 Å². The fourth-order valence-electron chi connectivity index (χ4n) is 2.58. The van der Waals surface area contributed by atoms with Crippen LogP contribution in [0.25, 0.3) is 5.70 Å². The molecular formula is C19H26N4O3. The monoisotopic (exact) mass is 358 g/mol. The fraction of sp³-hybridized carbons (Fsp3) is 0.368. The molecule has 0 amide bonds. The van der Waals surface area contributed by atoms with Gasteiger partial charge in [-0.05, 0) is 44.2 Å². The van der Waals surface area contributed by atoms with Gasteiger partial charge in [-0.15, -0.1) is 0 Å². The number of dihydropyridines is 1. The Labute approximate surface area is 154 Å². The van der Waals surface area contributed by atoms with Gasteiger partial charge in [0.25, 0.3) is 0 Å². The van der Waals surface area contributed by atoms with Crippen LogP contribution in [0.4, 0.5) is 0 Å². The molecule has 1 aromatic heterocycles. The predicted molar refractivity (Wildman–Crippen MR) is 100 cm³/mol. The highest BCUT2D eigenvalue weighted by molar-refractivity contribution is 5.75. The smallest absolute Gasteiger partial charge is 0.309 e. The lowest BCUT2D eigenvalue weighted by Crippen LogP contribution is -2.38. The Morgan fingerprint density at radius 3 is 2.81 bits per heavy atom. The van der Waals surface area contributed by atoms with Crippen LogP contribution in [-0.4, -0.2) is 43.3 Å². The van der Waals surface area contributed by atoms with Crippen molar-refractivity contribution in [2.45, 2.75) is 20.3 Å². The number of aryl methyl sites for hydroxylation is 1. The summed E-state index contributed by atoms with van der Waals surface area (Å²) in [4.78, 5) is 16.4. The lowest BCUT2D eigenvalue weighted by molar-refractivity contribution is -0.142. The average Bonchev–Trinajstić information content (AvgIpc) is 2.65. The van der Waals surface area contributed by atoms with E-state index in [0.29, 0.717) is 19.0 Å². The van der Waals surface area contributed by atoms with Crippen molar-refractivity contribution in [3.63, 3.8) is 0 Å². The second-order valence-corrected chi connectivity index (χ2v) is 5.57. The van der Waals surface area contributed by atoms with Crippen molar-refractivity contribution in [1.82, 2.24) is 20.7 Å². The summed E-state index contributed by atoms with van der Waals surface area (Å²) < 4.78 is 10.2. The number of nitrogens with one attached hydrogen (secondary N) is 2. The number of pyridine rings is 1. The normalized spacial score (nSPS) is 14.1. The molecule has 0 fully saturated rings. The van der Waals surface area contributed by atoms with Gasteiger partial charge in [-0.1, -0.05) is 6.07 Å². The first-order valence-corrected chi connectivity index (χ1v) is 8.55. The number of allylic oxidation sites excluding steroid dienone is 2. The molecule has 0 unspecified atom stereocenters. The maximum absolute atomic E-state index is 11.8. The average molecular weight is 358 g/mol. The molecule has 2 rings (SSSR count). The third-order valence-corrected chi connectivity index (χ3v) is 3.76. The minimum absolute atomic E-state index is 0.164. The number of esters is 1. The Morgan fingerprint density at radius 2 is 2.23 bits per heavy atom. The van der Waals surface area contributed by atoms with Crippen LogP contribution in [0.2, 0.25) is 0 Å². The van der Waals surface area contributed by atoms with Gasteiger partial charge in [0.1, 0.15) is 0 Å². The van der Waals surface area contributed by atoms with Gasteiger partial charge in [0.15, 0.2) is 5.88 Å². The predicted octanol–water partition coefficient (Wildman–Crippen LogP) is 2.10. The number of hydrogen-bond acceptors (Lipinski definition) is 7. The first-order valence-electron chi connectivity index (χ1n) is 8.55. The van der Waals surface area contributed by atoms with E-state index < -0.39 is 0 Å². The quantitative estimate of drug-likeness (QED) is 0.544. The molecule has 0 spiro atoms. The third-order valence-electron chi connectivity index (χ3n) is 3.76. The number of rotatable bonds is 8. The van der Waals surface area contributed by atoms with Crippen LogP contribution < -0.4 is 10.7 Å². The zero-order valence-corrected chi connectivity index (χ0v) is 15.7. The van der Waals surface area contributed by atoms with Gasteiger partial charge in [-0.3, -0.25) is 14.8 Å². The van der Waals surface area contributed by atoms with E-state index in [1.165, 1.54) is 0 Å². The Balaban J connectivity index is 2.37. The van der Waals surface area contributed by atoms with Gasteiger partial charge in [-0.2, -0.15) is 0 Å². The number of hydrazine groups is 1. The molecule has 0 aliphatic carbocycles. The lowest BCUT2D eigenvalue weighted by Gasteiger charge is -2.30. The summed E-state index contributed by atoms with van der Waals surface area (Å²) >= 11 is 0. The Kier molecular flexibility index (Phi) is 7.23. The van der Waals surface area contributed by atoms with Crippen LogP contribution in [-0.2, 0) is 14.3 Å². The number of hydrogen-bond donors (Lipinski definition) is 2. The van der Waals surface area contributed by atoms with Crippen molar-refractivity contribution in [3.8, 4) is 0 Å². The summed E-state index contributed by atoms with van der Waals surface area (Å²) in [6, 6.07) is 5.80. The lowest BCUT2D eigenvalue weighted by atomic mass is 10.2. The van der Waals surface area contributed by atoms with Gasteiger partial charge in [0, 0.05) is 12.7 Å². The molecule has 140 valence electrons. The van der Waals surface area contributed by atoms with E-state index in [9.17, 15) is 4.79 Å². The molecule has 0 radical (unpaired) electrons. The van der Waals surface area contributed by atoms with Gasteiger partial charge >= 0.3 is 5.97 Å². The maximum atomic E-state index is 11.8. The molecule has 2 heterocycles. The third kappa shape index (κ3) is 5.10. The number of carbonyl (C=O) groups is 1. The zero-order valence-electron chi connectivity index (χ0n) is 15.7. The Morgan fingerprint density at radius 1 is 1.42 bits per heavy atom. The summed E-state index contributed by atoms with van der Waals surface area (Å²) in [5.41, 5.74) is 6.59. The van der Waals surface area contributed by atoms with E-state index >= 15 is 0 Å². The topological polar surface area (TPSA) is 75.7 Å². The highest BCUT2D eigenvalue weighted by Crippen LogP contribution is 2.22. The summed E-state index contributed by atoms with van der Waals surface area (Å²) in [6.45, 7) is 4.66. The minimum Gasteiger partial charge on any atom is -0.483 e. The van der Waals surface area contributed by atoms with Crippen molar-refractivity contribution >= 4 is 11.7 Å². The number of methoxy groups -OCH3 is 1. The van der Waals surface area contributed by atoms with Crippen molar-refractivity contribution < 1.29 is 14.3 Å². The standard InChI is InChI=1S/C19H26N4O3/c1-5-26-19(24)12-10-17(16-8-6-7-14(2)22-16)23(20-3)15-9-11-18(25-4)21-13-15/h6-11,20-21H,5,12-13H2,1-4H3/b17-10-. The van der Waals surface area contributed by atoms with Crippen LogP contribution >= 0.6 is 0 Å². The van der Waals surface area contributed by atoms with E-state index in [-0.39, 0.29) is 12.4 Å². The molecule has 1 aliphatic heterocycles. The second kappa shape index (κ2) is 9.62. The first kappa shape index (κ1) is 19.5. The molecule has 7 heteroatoms. The van der Waals surface area contributed by atoms with Gasteiger partial charge in [-0.25, -0.2) is 5.43 Å².